The number of carbonyl (C=O) groups is 1. The average molecular weight is 234 g/mol. The van der Waals surface area contributed by atoms with E-state index < -0.39 is 0 Å². The maximum absolute atomic E-state index is 11.9. The van der Waals surface area contributed by atoms with Crippen LogP contribution in [0, 0.1) is 12.8 Å². The average Bonchev–Trinajstić information content (AvgIpc) is 2.35. The molecule has 0 aromatic heterocycles. The second-order valence-electron chi connectivity index (χ2n) is 4.53. The summed E-state index contributed by atoms with van der Waals surface area (Å²) in [4.78, 5) is 11.9. The fraction of sp³-hybridized carbons (Fsp3) is 0.462. The first-order chi connectivity index (χ1) is 8.16. The number of hydrogen-bond acceptors (Lipinski definition) is 3. The molecule has 17 heavy (non-hydrogen) atoms. The third kappa shape index (κ3) is 2.97. The van der Waals surface area contributed by atoms with Crippen molar-refractivity contribution in [2.45, 2.75) is 19.8 Å². The molecular formula is C13H18N2O2. The first-order valence-electron chi connectivity index (χ1n) is 5.98. The molecule has 0 spiro atoms. The normalized spacial score (nSPS) is 19.9. The number of phenols is 1. The summed E-state index contributed by atoms with van der Waals surface area (Å²) in [6.45, 7) is 3.56. The molecule has 1 unspecified atom stereocenters. The van der Waals surface area contributed by atoms with Crippen LogP contribution in [-0.2, 0) is 4.79 Å². The van der Waals surface area contributed by atoms with Crippen LogP contribution in [0.25, 0.3) is 0 Å². The van der Waals surface area contributed by atoms with Gasteiger partial charge in [0.25, 0.3) is 0 Å². The van der Waals surface area contributed by atoms with Crippen LogP contribution >= 0.6 is 0 Å². The zero-order valence-electron chi connectivity index (χ0n) is 9.99. The van der Waals surface area contributed by atoms with Crippen molar-refractivity contribution in [1.82, 2.24) is 5.32 Å². The van der Waals surface area contributed by atoms with Gasteiger partial charge in [0.1, 0.15) is 5.75 Å². The summed E-state index contributed by atoms with van der Waals surface area (Å²) in [6.07, 6.45) is 1.97. The van der Waals surface area contributed by atoms with Crippen molar-refractivity contribution in [1.29, 1.82) is 0 Å². The lowest BCUT2D eigenvalue weighted by Gasteiger charge is -2.21. The number of hydrogen-bond donors (Lipinski definition) is 3. The molecule has 1 heterocycles. The van der Waals surface area contributed by atoms with E-state index in [9.17, 15) is 9.90 Å². The monoisotopic (exact) mass is 234 g/mol. The maximum Gasteiger partial charge on any atom is 0.228 e. The molecule has 0 bridgehead atoms. The molecule has 1 saturated heterocycles. The smallest absolute Gasteiger partial charge is 0.228 e. The first kappa shape index (κ1) is 11.9. The van der Waals surface area contributed by atoms with Gasteiger partial charge in [-0.25, -0.2) is 0 Å². The van der Waals surface area contributed by atoms with Gasteiger partial charge in [-0.1, -0.05) is 6.07 Å². The SMILES string of the molecule is Cc1ccc(NC(=O)C2CCCNC2)cc1O. The van der Waals surface area contributed by atoms with E-state index in [-0.39, 0.29) is 17.6 Å². The molecule has 1 atom stereocenters. The molecule has 1 aromatic rings. The number of anilines is 1. The van der Waals surface area contributed by atoms with Gasteiger partial charge in [-0.05, 0) is 37.9 Å². The molecule has 0 aliphatic carbocycles. The summed E-state index contributed by atoms with van der Waals surface area (Å²) in [5.74, 6) is 0.275. The summed E-state index contributed by atoms with van der Waals surface area (Å²) in [5, 5.41) is 15.6. The zero-order chi connectivity index (χ0) is 12.3. The molecule has 4 heteroatoms. The quantitative estimate of drug-likeness (QED) is 0.729. The lowest BCUT2D eigenvalue weighted by atomic mass is 9.99. The Kier molecular flexibility index (Phi) is 3.64. The van der Waals surface area contributed by atoms with E-state index in [0.717, 1.165) is 31.5 Å². The fourth-order valence-electron chi connectivity index (χ4n) is 2.01. The van der Waals surface area contributed by atoms with Gasteiger partial charge < -0.3 is 15.7 Å². The number of rotatable bonds is 2. The third-order valence-corrected chi connectivity index (χ3v) is 3.14. The summed E-state index contributed by atoms with van der Waals surface area (Å²) >= 11 is 0. The molecular weight excluding hydrogens is 216 g/mol. The Morgan fingerprint density at radius 2 is 2.35 bits per heavy atom. The van der Waals surface area contributed by atoms with Crippen LogP contribution in [0.15, 0.2) is 18.2 Å². The number of phenolic OH excluding ortho intramolecular Hbond substituents is 1. The van der Waals surface area contributed by atoms with E-state index in [4.69, 9.17) is 0 Å². The minimum atomic E-state index is 0.0282. The minimum Gasteiger partial charge on any atom is -0.508 e. The standard InChI is InChI=1S/C13H18N2O2/c1-9-4-5-11(7-12(9)16)15-13(17)10-3-2-6-14-8-10/h4-5,7,10,14,16H,2-3,6,8H2,1H3,(H,15,17). The second-order valence-corrected chi connectivity index (χ2v) is 4.53. The predicted octanol–water partition coefficient (Wildman–Crippen LogP) is 1.64. The van der Waals surface area contributed by atoms with E-state index in [2.05, 4.69) is 10.6 Å². The third-order valence-electron chi connectivity index (χ3n) is 3.14. The van der Waals surface area contributed by atoms with E-state index in [0.29, 0.717) is 5.69 Å². The topological polar surface area (TPSA) is 61.4 Å². The Balaban J connectivity index is 1.99. The van der Waals surface area contributed by atoms with Crippen molar-refractivity contribution in [3.8, 4) is 5.75 Å². The molecule has 1 aliphatic rings. The van der Waals surface area contributed by atoms with Gasteiger partial charge in [0, 0.05) is 18.3 Å². The van der Waals surface area contributed by atoms with E-state index in [1.165, 1.54) is 0 Å². The van der Waals surface area contributed by atoms with Crippen molar-refractivity contribution in [2.24, 2.45) is 5.92 Å². The molecule has 3 N–H and O–H groups in total. The highest BCUT2D eigenvalue weighted by Gasteiger charge is 2.20. The maximum atomic E-state index is 11.9. The van der Waals surface area contributed by atoms with Gasteiger partial charge >= 0.3 is 0 Å². The lowest BCUT2D eigenvalue weighted by Crippen LogP contribution is -2.37. The number of amides is 1. The zero-order valence-corrected chi connectivity index (χ0v) is 9.99. The van der Waals surface area contributed by atoms with Crippen molar-refractivity contribution < 1.29 is 9.90 Å². The number of benzene rings is 1. The molecule has 1 fully saturated rings. The van der Waals surface area contributed by atoms with Gasteiger partial charge in [-0.3, -0.25) is 4.79 Å². The lowest BCUT2D eigenvalue weighted by molar-refractivity contribution is -0.120. The van der Waals surface area contributed by atoms with Crippen LogP contribution in [-0.4, -0.2) is 24.1 Å². The molecule has 1 amide bonds. The van der Waals surface area contributed by atoms with Gasteiger partial charge in [0.15, 0.2) is 0 Å². The van der Waals surface area contributed by atoms with Gasteiger partial charge in [0.05, 0.1) is 5.92 Å². The second kappa shape index (κ2) is 5.19. The van der Waals surface area contributed by atoms with Gasteiger partial charge in [-0.15, -0.1) is 0 Å². The summed E-state index contributed by atoms with van der Waals surface area (Å²) in [5.41, 5.74) is 1.46. The van der Waals surface area contributed by atoms with Crippen molar-refractivity contribution >= 4 is 11.6 Å². The highest BCUT2D eigenvalue weighted by molar-refractivity contribution is 5.93. The number of piperidine rings is 1. The Bertz CT molecular complexity index is 412. The largest absolute Gasteiger partial charge is 0.508 e. The minimum absolute atomic E-state index is 0.0282. The van der Waals surface area contributed by atoms with Gasteiger partial charge in [0.2, 0.25) is 5.91 Å². The van der Waals surface area contributed by atoms with Crippen LogP contribution in [0.3, 0.4) is 0 Å². The Morgan fingerprint density at radius 1 is 1.53 bits per heavy atom. The highest BCUT2D eigenvalue weighted by Crippen LogP contribution is 2.22. The molecule has 1 aliphatic heterocycles. The summed E-state index contributed by atoms with van der Waals surface area (Å²) < 4.78 is 0. The van der Waals surface area contributed by atoms with E-state index >= 15 is 0 Å². The number of carbonyl (C=O) groups excluding carboxylic acids is 1. The number of nitrogens with one attached hydrogen (secondary N) is 2. The first-order valence-corrected chi connectivity index (χ1v) is 5.98. The van der Waals surface area contributed by atoms with E-state index in [1.54, 1.807) is 12.1 Å². The van der Waals surface area contributed by atoms with Crippen LogP contribution in [0.2, 0.25) is 0 Å². The van der Waals surface area contributed by atoms with Crippen LogP contribution in [0.1, 0.15) is 18.4 Å². The molecule has 4 nitrogen and oxygen atoms in total. The van der Waals surface area contributed by atoms with Crippen LogP contribution in [0.5, 0.6) is 5.75 Å². The van der Waals surface area contributed by atoms with E-state index in [1.807, 2.05) is 13.0 Å². The van der Waals surface area contributed by atoms with Crippen molar-refractivity contribution in [3.63, 3.8) is 0 Å². The van der Waals surface area contributed by atoms with Crippen LogP contribution in [0.4, 0.5) is 5.69 Å². The Morgan fingerprint density at radius 3 is 3.00 bits per heavy atom. The highest BCUT2D eigenvalue weighted by atomic mass is 16.3. The number of aryl methyl sites for hydroxylation is 1. The van der Waals surface area contributed by atoms with Gasteiger partial charge in [-0.2, -0.15) is 0 Å². The van der Waals surface area contributed by atoms with Crippen molar-refractivity contribution in [3.05, 3.63) is 23.8 Å². The summed E-state index contributed by atoms with van der Waals surface area (Å²) in [7, 11) is 0. The molecule has 0 radical (unpaired) electrons. The van der Waals surface area contributed by atoms with Crippen LogP contribution < -0.4 is 10.6 Å². The molecule has 0 saturated carbocycles. The fourth-order valence-corrected chi connectivity index (χ4v) is 2.01. The molecule has 1 aromatic carbocycles. The molecule has 92 valence electrons. The van der Waals surface area contributed by atoms with Crippen molar-refractivity contribution in [2.75, 3.05) is 18.4 Å². The Hall–Kier alpha value is -1.55. The summed E-state index contributed by atoms with van der Waals surface area (Å²) in [6, 6.07) is 5.19. The predicted molar refractivity (Wildman–Crippen MR) is 67.1 cm³/mol. The molecule has 2 rings (SSSR count). The number of aromatic hydroxyl groups is 1. The Labute approximate surface area is 101 Å².